The maximum atomic E-state index is 9.56. The van der Waals surface area contributed by atoms with Crippen molar-refractivity contribution in [2.45, 2.75) is 71.5 Å². The fourth-order valence-electron chi connectivity index (χ4n) is 2.72. The Morgan fingerprint density at radius 1 is 1.30 bits per heavy atom. The molecule has 0 saturated heterocycles. The van der Waals surface area contributed by atoms with Crippen LogP contribution in [-0.4, -0.2) is 28.0 Å². The highest BCUT2D eigenvalue weighted by atomic mass is 16.5. The summed E-state index contributed by atoms with van der Waals surface area (Å²) in [4.78, 5) is 4.56. The van der Waals surface area contributed by atoms with Gasteiger partial charge in [0.15, 0.2) is 0 Å². The van der Waals surface area contributed by atoms with Crippen LogP contribution in [0.2, 0.25) is 0 Å². The first-order chi connectivity index (χ1) is 9.41. The van der Waals surface area contributed by atoms with Crippen LogP contribution in [0.1, 0.15) is 77.1 Å². The second-order valence-corrected chi connectivity index (χ2v) is 6.70. The van der Waals surface area contributed by atoms with E-state index in [-0.39, 0.29) is 23.5 Å². The number of rotatable bonds is 4. The van der Waals surface area contributed by atoms with Crippen LogP contribution < -0.4 is 0 Å². The topological polar surface area (TPSA) is 68.4 Å². The lowest BCUT2D eigenvalue weighted by Gasteiger charge is -2.27. The SMILES string of the molecule is CCOC(c1noc(C2CCC(O)CC2)n1)C(C)(C)C. The van der Waals surface area contributed by atoms with Gasteiger partial charge in [-0.1, -0.05) is 25.9 Å². The fraction of sp³-hybridized carbons (Fsp3) is 0.867. The van der Waals surface area contributed by atoms with Crippen LogP contribution >= 0.6 is 0 Å². The molecule has 1 saturated carbocycles. The molecule has 1 fully saturated rings. The number of aliphatic hydroxyl groups excluding tert-OH is 1. The maximum absolute atomic E-state index is 9.56. The van der Waals surface area contributed by atoms with E-state index < -0.39 is 0 Å². The Labute approximate surface area is 120 Å². The van der Waals surface area contributed by atoms with E-state index in [1.54, 1.807) is 0 Å². The van der Waals surface area contributed by atoms with Crippen molar-refractivity contribution in [2.75, 3.05) is 6.61 Å². The minimum Gasteiger partial charge on any atom is -0.393 e. The van der Waals surface area contributed by atoms with Crippen LogP contribution in [0.15, 0.2) is 4.52 Å². The van der Waals surface area contributed by atoms with Crippen molar-refractivity contribution in [1.82, 2.24) is 10.1 Å². The Hall–Kier alpha value is -0.940. The number of aliphatic hydroxyl groups is 1. The van der Waals surface area contributed by atoms with Crippen LogP contribution in [0.3, 0.4) is 0 Å². The number of aromatic nitrogens is 2. The fourth-order valence-corrected chi connectivity index (χ4v) is 2.72. The van der Waals surface area contributed by atoms with E-state index >= 15 is 0 Å². The van der Waals surface area contributed by atoms with Gasteiger partial charge in [0.25, 0.3) is 0 Å². The second kappa shape index (κ2) is 6.22. The van der Waals surface area contributed by atoms with E-state index in [0.29, 0.717) is 18.3 Å². The molecule has 0 radical (unpaired) electrons. The zero-order chi connectivity index (χ0) is 14.8. The zero-order valence-electron chi connectivity index (χ0n) is 12.9. The average Bonchev–Trinajstić information content (AvgIpc) is 2.84. The molecule has 0 spiro atoms. The number of hydrogen-bond donors (Lipinski definition) is 1. The molecule has 1 aliphatic rings. The molecular weight excluding hydrogens is 256 g/mol. The van der Waals surface area contributed by atoms with Crippen molar-refractivity contribution in [3.05, 3.63) is 11.7 Å². The van der Waals surface area contributed by atoms with Crippen molar-refractivity contribution in [2.24, 2.45) is 5.41 Å². The van der Waals surface area contributed by atoms with Crippen LogP contribution in [-0.2, 0) is 4.74 Å². The summed E-state index contributed by atoms with van der Waals surface area (Å²) < 4.78 is 11.2. The van der Waals surface area contributed by atoms with Crippen molar-refractivity contribution in [3.8, 4) is 0 Å². The molecule has 0 amide bonds. The van der Waals surface area contributed by atoms with E-state index in [9.17, 15) is 5.11 Å². The molecule has 0 bridgehead atoms. The monoisotopic (exact) mass is 282 g/mol. The van der Waals surface area contributed by atoms with Gasteiger partial charge < -0.3 is 14.4 Å². The van der Waals surface area contributed by atoms with Gasteiger partial charge in [-0.3, -0.25) is 0 Å². The van der Waals surface area contributed by atoms with E-state index in [0.717, 1.165) is 25.7 Å². The summed E-state index contributed by atoms with van der Waals surface area (Å²) >= 11 is 0. The van der Waals surface area contributed by atoms with E-state index in [4.69, 9.17) is 9.26 Å². The molecule has 1 heterocycles. The molecule has 20 heavy (non-hydrogen) atoms. The first kappa shape index (κ1) is 15.4. The van der Waals surface area contributed by atoms with Gasteiger partial charge in [-0.25, -0.2) is 0 Å². The molecule has 1 aromatic rings. The highest BCUT2D eigenvalue weighted by molar-refractivity contribution is 5.01. The van der Waals surface area contributed by atoms with Crippen LogP contribution in [0.4, 0.5) is 0 Å². The van der Waals surface area contributed by atoms with Crippen LogP contribution in [0.5, 0.6) is 0 Å². The van der Waals surface area contributed by atoms with E-state index in [1.165, 1.54) is 0 Å². The van der Waals surface area contributed by atoms with Gasteiger partial charge in [-0.15, -0.1) is 0 Å². The normalized spacial score (nSPS) is 25.6. The number of ether oxygens (including phenoxy) is 1. The summed E-state index contributed by atoms with van der Waals surface area (Å²) in [5, 5.41) is 13.7. The Balaban J connectivity index is 2.10. The molecule has 1 atom stereocenters. The van der Waals surface area contributed by atoms with Crippen molar-refractivity contribution in [1.29, 1.82) is 0 Å². The summed E-state index contributed by atoms with van der Waals surface area (Å²) in [5.74, 6) is 1.61. The van der Waals surface area contributed by atoms with Crippen molar-refractivity contribution >= 4 is 0 Å². The van der Waals surface area contributed by atoms with Gasteiger partial charge in [0.05, 0.1) is 6.10 Å². The van der Waals surface area contributed by atoms with Gasteiger partial charge in [0.2, 0.25) is 11.7 Å². The van der Waals surface area contributed by atoms with Crippen LogP contribution in [0, 0.1) is 5.41 Å². The first-order valence-corrected chi connectivity index (χ1v) is 7.55. The third-order valence-corrected chi connectivity index (χ3v) is 3.86. The largest absolute Gasteiger partial charge is 0.393 e. The first-order valence-electron chi connectivity index (χ1n) is 7.55. The average molecular weight is 282 g/mol. The third kappa shape index (κ3) is 3.58. The molecule has 1 aliphatic carbocycles. The summed E-state index contributed by atoms with van der Waals surface area (Å²) in [7, 11) is 0. The van der Waals surface area contributed by atoms with Crippen LogP contribution in [0.25, 0.3) is 0 Å². The summed E-state index contributed by atoms with van der Waals surface area (Å²) in [5.41, 5.74) is -0.0695. The standard InChI is InChI=1S/C15H26N2O3/c1-5-19-12(15(2,3)4)13-16-14(20-17-13)10-6-8-11(18)9-7-10/h10-12,18H,5-9H2,1-4H3. The molecule has 5 nitrogen and oxygen atoms in total. The maximum Gasteiger partial charge on any atom is 0.229 e. The lowest BCUT2D eigenvalue weighted by atomic mass is 9.87. The minimum atomic E-state index is -0.167. The predicted octanol–water partition coefficient (Wildman–Crippen LogP) is 3.21. The molecule has 2 rings (SSSR count). The van der Waals surface area contributed by atoms with Gasteiger partial charge in [-0.05, 0) is 38.0 Å². The van der Waals surface area contributed by atoms with Gasteiger partial charge >= 0.3 is 0 Å². The lowest BCUT2D eigenvalue weighted by molar-refractivity contribution is -0.0203. The van der Waals surface area contributed by atoms with Crippen molar-refractivity contribution < 1.29 is 14.4 Å². The highest BCUT2D eigenvalue weighted by Crippen LogP contribution is 2.37. The Morgan fingerprint density at radius 2 is 1.95 bits per heavy atom. The Morgan fingerprint density at radius 3 is 2.50 bits per heavy atom. The van der Waals surface area contributed by atoms with Gasteiger partial charge in [0.1, 0.15) is 6.10 Å². The lowest BCUT2D eigenvalue weighted by Crippen LogP contribution is -2.23. The van der Waals surface area contributed by atoms with Gasteiger partial charge in [-0.2, -0.15) is 4.98 Å². The second-order valence-electron chi connectivity index (χ2n) is 6.70. The molecule has 0 aliphatic heterocycles. The molecule has 5 heteroatoms. The number of nitrogens with zero attached hydrogens (tertiary/aromatic N) is 2. The zero-order valence-corrected chi connectivity index (χ0v) is 12.9. The van der Waals surface area contributed by atoms with E-state index in [1.807, 2.05) is 6.92 Å². The third-order valence-electron chi connectivity index (χ3n) is 3.86. The Bertz CT molecular complexity index is 417. The molecule has 1 unspecified atom stereocenters. The summed E-state index contributed by atoms with van der Waals surface area (Å²) in [6.07, 6.45) is 3.14. The molecule has 0 aromatic carbocycles. The molecular formula is C15H26N2O3. The summed E-state index contributed by atoms with van der Waals surface area (Å²) in [6.45, 7) is 8.94. The molecule has 1 N–H and O–H groups in total. The highest BCUT2D eigenvalue weighted by Gasteiger charge is 2.33. The Kier molecular flexibility index (Phi) is 4.81. The molecule has 114 valence electrons. The predicted molar refractivity (Wildman–Crippen MR) is 75.3 cm³/mol. The summed E-state index contributed by atoms with van der Waals surface area (Å²) in [6, 6.07) is 0. The quantitative estimate of drug-likeness (QED) is 0.918. The van der Waals surface area contributed by atoms with Gasteiger partial charge in [0, 0.05) is 12.5 Å². The minimum absolute atomic E-state index is 0.0695. The molecule has 1 aromatic heterocycles. The smallest absolute Gasteiger partial charge is 0.229 e. The van der Waals surface area contributed by atoms with E-state index in [2.05, 4.69) is 30.9 Å². The number of hydrogen-bond acceptors (Lipinski definition) is 5. The van der Waals surface area contributed by atoms with Crippen molar-refractivity contribution in [3.63, 3.8) is 0 Å².